The van der Waals surface area contributed by atoms with Crippen molar-refractivity contribution in [2.45, 2.75) is 6.92 Å². The van der Waals surface area contributed by atoms with E-state index in [4.69, 9.17) is 11.5 Å². The Bertz CT molecular complexity index is 968. The molecule has 6 nitrogen and oxygen atoms in total. The number of aryl methyl sites for hydroxylation is 1. The highest BCUT2D eigenvalue weighted by Gasteiger charge is 2.11. The van der Waals surface area contributed by atoms with Crippen LogP contribution in [0.3, 0.4) is 0 Å². The molecule has 0 atom stereocenters. The van der Waals surface area contributed by atoms with E-state index < -0.39 is 0 Å². The molecule has 0 aromatic heterocycles. The number of nitrogens with zero attached hydrogens (tertiary/aromatic N) is 2. The summed E-state index contributed by atoms with van der Waals surface area (Å²) in [6.07, 6.45) is 2.69. The average Bonchev–Trinajstić information content (AvgIpc) is 2.71. The van der Waals surface area contributed by atoms with Gasteiger partial charge in [-0.2, -0.15) is 9.98 Å². The highest BCUT2D eigenvalue weighted by molar-refractivity contribution is 5.89. The molecular formula is C21H18N4O2. The summed E-state index contributed by atoms with van der Waals surface area (Å²) >= 11 is 0. The second-order valence-electron chi connectivity index (χ2n) is 5.53. The zero-order chi connectivity index (χ0) is 19.6. The molecule has 6 heteroatoms. The second-order valence-corrected chi connectivity index (χ2v) is 5.53. The summed E-state index contributed by atoms with van der Waals surface area (Å²) in [4.78, 5) is 27.1. The molecule has 0 amide bonds. The molecule has 0 bridgehead atoms. The predicted molar refractivity (Wildman–Crippen MR) is 107 cm³/mol. The highest BCUT2D eigenvalue weighted by Crippen LogP contribution is 2.40. The molecule has 0 spiro atoms. The van der Waals surface area contributed by atoms with Crippen molar-refractivity contribution >= 4 is 34.9 Å². The SMILES string of the molecule is Cc1cc(N)c(N)c(N=C=O)c1N=C=O.c1ccc(-c2ccccc2)cc1. The van der Waals surface area contributed by atoms with Crippen molar-refractivity contribution < 1.29 is 9.59 Å². The monoisotopic (exact) mass is 358 g/mol. The van der Waals surface area contributed by atoms with Crippen molar-refractivity contribution in [2.24, 2.45) is 9.98 Å². The summed E-state index contributed by atoms with van der Waals surface area (Å²) < 4.78 is 0. The van der Waals surface area contributed by atoms with Crippen LogP contribution < -0.4 is 11.5 Å². The molecule has 0 unspecified atom stereocenters. The van der Waals surface area contributed by atoms with Crippen LogP contribution in [0.5, 0.6) is 0 Å². The lowest BCUT2D eigenvalue weighted by molar-refractivity contribution is 0.564. The van der Waals surface area contributed by atoms with Gasteiger partial charge in [-0.25, -0.2) is 9.59 Å². The average molecular weight is 358 g/mol. The summed E-state index contributed by atoms with van der Waals surface area (Å²) in [6.45, 7) is 1.66. The molecule has 0 aliphatic heterocycles. The number of rotatable bonds is 3. The molecule has 0 saturated carbocycles. The third-order valence-electron chi connectivity index (χ3n) is 3.73. The van der Waals surface area contributed by atoms with Gasteiger partial charge in [-0.1, -0.05) is 60.7 Å². The second kappa shape index (κ2) is 9.49. The Kier molecular flexibility index (Phi) is 6.80. The first-order chi connectivity index (χ1) is 13.1. The number of aliphatic imine (C=N–C) groups is 2. The van der Waals surface area contributed by atoms with Crippen LogP contribution in [0.1, 0.15) is 5.56 Å². The summed E-state index contributed by atoms with van der Waals surface area (Å²) in [7, 11) is 0. The number of anilines is 2. The number of hydrogen-bond acceptors (Lipinski definition) is 6. The molecule has 27 heavy (non-hydrogen) atoms. The predicted octanol–water partition coefficient (Wildman–Crippen LogP) is 4.45. The smallest absolute Gasteiger partial charge is 0.240 e. The van der Waals surface area contributed by atoms with Gasteiger partial charge < -0.3 is 11.5 Å². The Balaban J connectivity index is 0.000000198. The van der Waals surface area contributed by atoms with Gasteiger partial charge in [-0.3, -0.25) is 0 Å². The maximum atomic E-state index is 10.2. The quantitative estimate of drug-likeness (QED) is 0.409. The lowest BCUT2D eigenvalue weighted by Crippen LogP contribution is -1.96. The number of nitrogen functional groups attached to an aromatic ring is 2. The van der Waals surface area contributed by atoms with Gasteiger partial charge in [0.15, 0.2) is 0 Å². The number of nitrogens with two attached hydrogens (primary N) is 2. The summed E-state index contributed by atoms with van der Waals surface area (Å²) in [5.74, 6) is 0. The van der Waals surface area contributed by atoms with Crippen LogP contribution in [0.4, 0.5) is 22.7 Å². The molecule has 3 aromatic rings. The molecule has 0 aliphatic rings. The van der Waals surface area contributed by atoms with E-state index in [2.05, 4.69) is 58.5 Å². The van der Waals surface area contributed by atoms with Crippen LogP contribution in [0.25, 0.3) is 11.1 Å². The maximum Gasteiger partial charge on any atom is 0.240 e. The van der Waals surface area contributed by atoms with Crippen LogP contribution >= 0.6 is 0 Å². The molecule has 0 saturated heterocycles. The van der Waals surface area contributed by atoms with Crippen LogP contribution in [-0.4, -0.2) is 12.2 Å². The van der Waals surface area contributed by atoms with Crippen LogP contribution in [0, 0.1) is 6.92 Å². The Morgan fingerprint density at radius 1 is 0.741 bits per heavy atom. The first-order valence-electron chi connectivity index (χ1n) is 8.03. The molecule has 4 N–H and O–H groups in total. The van der Waals surface area contributed by atoms with E-state index in [9.17, 15) is 9.59 Å². The zero-order valence-electron chi connectivity index (χ0n) is 14.7. The summed E-state index contributed by atoms with van der Waals surface area (Å²) in [5.41, 5.74) is 14.9. The minimum absolute atomic E-state index is 0.0471. The normalized spacial score (nSPS) is 9.22. The van der Waals surface area contributed by atoms with E-state index in [0.29, 0.717) is 5.56 Å². The van der Waals surface area contributed by atoms with Gasteiger partial charge in [0.2, 0.25) is 12.2 Å². The number of benzene rings is 3. The van der Waals surface area contributed by atoms with Gasteiger partial charge in [0.25, 0.3) is 0 Å². The lowest BCUT2D eigenvalue weighted by atomic mass is 10.1. The summed E-state index contributed by atoms with van der Waals surface area (Å²) in [6, 6.07) is 22.3. The Hall–Kier alpha value is -3.98. The fourth-order valence-electron chi connectivity index (χ4n) is 2.44. The van der Waals surface area contributed by atoms with Crippen LogP contribution in [0.2, 0.25) is 0 Å². The van der Waals surface area contributed by atoms with E-state index in [-0.39, 0.29) is 22.7 Å². The minimum Gasteiger partial charge on any atom is -0.397 e. The molecule has 0 heterocycles. The third kappa shape index (κ3) is 5.00. The first kappa shape index (κ1) is 19.3. The van der Waals surface area contributed by atoms with Gasteiger partial charge in [-0.15, -0.1) is 0 Å². The molecule has 3 aromatic carbocycles. The van der Waals surface area contributed by atoms with E-state index >= 15 is 0 Å². The molecule has 0 aliphatic carbocycles. The highest BCUT2D eigenvalue weighted by atomic mass is 16.1. The largest absolute Gasteiger partial charge is 0.397 e. The van der Waals surface area contributed by atoms with Crippen molar-refractivity contribution in [2.75, 3.05) is 11.5 Å². The molecule has 134 valence electrons. The van der Waals surface area contributed by atoms with Gasteiger partial charge >= 0.3 is 0 Å². The van der Waals surface area contributed by atoms with Gasteiger partial charge in [0, 0.05) is 0 Å². The topological polar surface area (TPSA) is 111 Å². The van der Waals surface area contributed by atoms with E-state index in [1.807, 2.05) is 12.1 Å². The lowest BCUT2D eigenvalue weighted by Gasteiger charge is -2.07. The van der Waals surface area contributed by atoms with E-state index in [0.717, 1.165) is 0 Å². The van der Waals surface area contributed by atoms with Gasteiger partial charge in [-0.05, 0) is 29.7 Å². The number of carbonyl (C=O) groups excluding carboxylic acids is 2. The maximum absolute atomic E-state index is 10.2. The molecular weight excluding hydrogens is 340 g/mol. The summed E-state index contributed by atoms with van der Waals surface area (Å²) in [5, 5.41) is 0. The molecule has 0 fully saturated rings. The van der Waals surface area contributed by atoms with Gasteiger partial charge in [0.05, 0.1) is 11.4 Å². The third-order valence-corrected chi connectivity index (χ3v) is 3.73. The zero-order valence-corrected chi connectivity index (χ0v) is 14.7. The fraction of sp³-hybridized carbons (Fsp3) is 0.0476. The van der Waals surface area contributed by atoms with E-state index in [1.165, 1.54) is 29.4 Å². The molecule has 0 radical (unpaired) electrons. The van der Waals surface area contributed by atoms with Crippen LogP contribution in [0.15, 0.2) is 76.7 Å². The first-order valence-corrected chi connectivity index (χ1v) is 8.03. The van der Waals surface area contributed by atoms with Crippen molar-refractivity contribution in [1.29, 1.82) is 0 Å². The molecule has 3 rings (SSSR count). The Labute approximate surface area is 156 Å². The standard InChI is InChI=1S/C12H10.C9H8N4O2/c1-3-7-11(8-4-1)12-9-5-2-6-10-12;1-5-2-6(10)7(11)9(13-4-15)8(5)12-3-14/h1-10H;2H,10-11H2,1H3. The minimum atomic E-state index is 0.0471. The van der Waals surface area contributed by atoms with Gasteiger partial charge in [0.1, 0.15) is 11.4 Å². The van der Waals surface area contributed by atoms with E-state index in [1.54, 1.807) is 6.92 Å². The van der Waals surface area contributed by atoms with Crippen molar-refractivity contribution in [3.05, 3.63) is 72.3 Å². The van der Waals surface area contributed by atoms with Crippen molar-refractivity contribution in [3.8, 4) is 11.1 Å². The number of isocyanates is 2. The fourth-order valence-corrected chi connectivity index (χ4v) is 2.44. The number of hydrogen-bond donors (Lipinski definition) is 2. The Morgan fingerprint density at radius 2 is 1.19 bits per heavy atom. The van der Waals surface area contributed by atoms with Crippen LogP contribution in [-0.2, 0) is 9.59 Å². The Morgan fingerprint density at radius 3 is 1.63 bits per heavy atom. The van der Waals surface area contributed by atoms with Crippen molar-refractivity contribution in [1.82, 2.24) is 0 Å². The van der Waals surface area contributed by atoms with Crippen molar-refractivity contribution in [3.63, 3.8) is 0 Å².